The molecule has 0 spiro atoms. The van der Waals surface area contributed by atoms with Gasteiger partial charge in [-0.3, -0.25) is 4.79 Å². The molecule has 0 N–H and O–H groups in total. The second kappa shape index (κ2) is 5.70. The van der Waals surface area contributed by atoms with Crippen LogP contribution in [0.15, 0.2) is 12.1 Å². The summed E-state index contributed by atoms with van der Waals surface area (Å²) in [6, 6.07) is 3.92. The standard InChI is InChI=1S/C14H19ClN2O/c1-3-4-7-17(12-5-6-12)14(18)11-8-10(2)16-13(15)9-11/h8-9,12H,3-7H2,1-2H3. The van der Waals surface area contributed by atoms with Crippen molar-refractivity contribution in [2.24, 2.45) is 0 Å². The lowest BCUT2D eigenvalue weighted by Gasteiger charge is -2.22. The Morgan fingerprint density at radius 1 is 1.50 bits per heavy atom. The van der Waals surface area contributed by atoms with Crippen LogP contribution in [0.1, 0.15) is 48.7 Å². The largest absolute Gasteiger partial charge is 0.336 e. The molecule has 1 aliphatic carbocycles. The van der Waals surface area contributed by atoms with Gasteiger partial charge in [0.15, 0.2) is 0 Å². The zero-order valence-corrected chi connectivity index (χ0v) is 11.7. The maximum absolute atomic E-state index is 12.5. The average Bonchev–Trinajstić information content (AvgIpc) is 3.12. The smallest absolute Gasteiger partial charge is 0.254 e. The van der Waals surface area contributed by atoms with Gasteiger partial charge >= 0.3 is 0 Å². The number of halogens is 1. The minimum absolute atomic E-state index is 0.0957. The summed E-state index contributed by atoms with van der Waals surface area (Å²) in [6.45, 7) is 4.85. The van der Waals surface area contributed by atoms with E-state index in [1.807, 2.05) is 17.9 Å². The first kappa shape index (κ1) is 13.3. The number of aromatic nitrogens is 1. The molecule has 0 atom stereocenters. The van der Waals surface area contributed by atoms with Gasteiger partial charge in [-0.2, -0.15) is 0 Å². The van der Waals surface area contributed by atoms with E-state index in [4.69, 9.17) is 11.6 Å². The van der Waals surface area contributed by atoms with Crippen LogP contribution < -0.4 is 0 Å². The first-order valence-electron chi connectivity index (χ1n) is 6.57. The van der Waals surface area contributed by atoms with Crippen molar-refractivity contribution in [3.8, 4) is 0 Å². The summed E-state index contributed by atoms with van der Waals surface area (Å²) in [7, 11) is 0. The minimum atomic E-state index is 0.0957. The van der Waals surface area contributed by atoms with Crippen molar-refractivity contribution in [1.82, 2.24) is 9.88 Å². The summed E-state index contributed by atoms with van der Waals surface area (Å²) >= 11 is 5.92. The molecule has 1 aromatic heterocycles. The number of hydrogen-bond donors (Lipinski definition) is 0. The molecule has 0 unspecified atom stereocenters. The fourth-order valence-electron chi connectivity index (χ4n) is 2.08. The highest BCUT2D eigenvalue weighted by Gasteiger charge is 2.32. The van der Waals surface area contributed by atoms with Crippen molar-refractivity contribution in [3.05, 3.63) is 28.5 Å². The summed E-state index contributed by atoms with van der Waals surface area (Å²) in [5.41, 5.74) is 1.45. The molecule has 0 aromatic carbocycles. The normalized spacial score (nSPS) is 14.6. The summed E-state index contributed by atoms with van der Waals surface area (Å²) in [5.74, 6) is 0.0957. The predicted molar refractivity (Wildman–Crippen MR) is 73.0 cm³/mol. The monoisotopic (exact) mass is 266 g/mol. The Morgan fingerprint density at radius 2 is 2.22 bits per heavy atom. The van der Waals surface area contributed by atoms with Crippen LogP contribution in [0.5, 0.6) is 0 Å². The Balaban J connectivity index is 2.16. The number of aryl methyl sites for hydroxylation is 1. The number of hydrogen-bond acceptors (Lipinski definition) is 2. The van der Waals surface area contributed by atoms with Crippen molar-refractivity contribution in [1.29, 1.82) is 0 Å². The molecule has 0 saturated heterocycles. The third kappa shape index (κ3) is 3.22. The van der Waals surface area contributed by atoms with E-state index in [-0.39, 0.29) is 5.91 Å². The van der Waals surface area contributed by atoms with Crippen LogP contribution in [-0.4, -0.2) is 28.4 Å². The van der Waals surface area contributed by atoms with E-state index >= 15 is 0 Å². The highest BCUT2D eigenvalue weighted by Crippen LogP contribution is 2.29. The molecule has 0 aliphatic heterocycles. The molecular formula is C14H19ClN2O. The Bertz CT molecular complexity index is 423. The van der Waals surface area contributed by atoms with Crippen molar-refractivity contribution in [3.63, 3.8) is 0 Å². The first-order chi connectivity index (χ1) is 8.61. The van der Waals surface area contributed by atoms with Gasteiger partial charge in [0.2, 0.25) is 0 Å². The van der Waals surface area contributed by atoms with Gasteiger partial charge < -0.3 is 4.90 Å². The molecule has 0 radical (unpaired) electrons. The molecule has 1 aliphatic rings. The highest BCUT2D eigenvalue weighted by molar-refractivity contribution is 6.29. The van der Waals surface area contributed by atoms with E-state index in [1.54, 1.807) is 6.07 Å². The van der Waals surface area contributed by atoms with Gasteiger partial charge in [0.1, 0.15) is 5.15 Å². The summed E-state index contributed by atoms with van der Waals surface area (Å²) in [5, 5.41) is 0.393. The van der Waals surface area contributed by atoms with Gasteiger partial charge in [-0.1, -0.05) is 24.9 Å². The van der Waals surface area contributed by atoms with Crippen LogP contribution in [-0.2, 0) is 0 Å². The second-order valence-corrected chi connectivity index (χ2v) is 5.29. The molecule has 1 heterocycles. The minimum Gasteiger partial charge on any atom is -0.336 e. The summed E-state index contributed by atoms with van der Waals surface area (Å²) < 4.78 is 0. The van der Waals surface area contributed by atoms with E-state index in [1.165, 1.54) is 0 Å². The molecule has 18 heavy (non-hydrogen) atoms. The SMILES string of the molecule is CCCCN(C(=O)c1cc(C)nc(Cl)c1)C1CC1. The quantitative estimate of drug-likeness (QED) is 0.765. The van der Waals surface area contributed by atoms with Crippen LogP contribution >= 0.6 is 11.6 Å². The van der Waals surface area contributed by atoms with Crippen LogP contribution in [0, 0.1) is 6.92 Å². The van der Waals surface area contributed by atoms with E-state index in [0.29, 0.717) is 16.8 Å². The number of carbonyl (C=O) groups is 1. The Labute approximate surface area is 113 Å². The number of pyridine rings is 1. The Hall–Kier alpha value is -1.09. The third-order valence-electron chi connectivity index (χ3n) is 3.17. The average molecular weight is 267 g/mol. The molecular weight excluding hydrogens is 248 g/mol. The number of nitrogens with zero attached hydrogens (tertiary/aromatic N) is 2. The number of carbonyl (C=O) groups excluding carboxylic acids is 1. The van der Waals surface area contributed by atoms with Gasteiger partial charge in [-0.15, -0.1) is 0 Å². The number of unbranched alkanes of at least 4 members (excludes halogenated alkanes) is 1. The number of rotatable bonds is 5. The topological polar surface area (TPSA) is 33.2 Å². The molecule has 3 nitrogen and oxygen atoms in total. The summed E-state index contributed by atoms with van der Waals surface area (Å²) in [4.78, 5) is 18.6. The Kier molecular flexibility index (Phi) is 4.23. The lowest BCUT2D eigenvalue weighted by Crippen LogP contribution is -2.34. The van der Waals surface area contributed by atoms with Crippen molar-refractivity contribution in [2.75, 3.05) is 6.54 Å². The van der Waals surface area contributed by atoms with Crippen LogP contribution in [0.3, 0.4) is 0 Å². The third-order valence-corrected chi connectivity index (χ3v) is 3.36. The molecule has 1 saturated carbocycles. The Morgan fingerprint density at radius 3 is 2.78 bits per heavy atom. The fraction of sp³-hybridized carbons (Fsp3) is 0.571. The van der Waals surface area contributed by atoms with Gasteiger partial charge in [0, 0.05) is 23.8 Å². The molecule has 98 valence electrons. The van der Waals surface area contributed by atoms with E-state index in [0.717, 1.165) is 37.9 Å². The molecule has 0 bridgehead atoms. The lowest BCUT2D eigenvalue weighted by atomic mass is 10.2. The van der Waals surface area contributed by atoms with Gasteiger partial charge in [-0.05, 0) is 38.3 Å². The fourth-order valence-corrected chi connectivity index (χ4v) is 2.33. The molecule has 1 aromatic rings. The zero-order valence-electron chi connectivity index (χ0n) is 10.9. The van der Waals surface area contributed by atoms with Gasteiger partial charge in [-0.25, -0.2) is 4.98 Å². The van der Waals surface area contributed by atoms with E-state index in [2.05, 4.69) is 11.9 Å². The van der Waals surface area contributed by atoms with Gasteiger partial charge in [0.05, 0.1) is 0 Å². The molecule has 1 amide bonds. The predicted octanol–water partition coefficient (Wildman–Crippen LogP) is 3.45. The van der Waals surface area contributed by atoms with Crippen LogP contribution in [0.2, 0.25) is 5.15 Å². The first-order valence-corrected chi connectivity index (χ1v) is 6.94. The van der Waals surface area contributed by atoms with Crippen molar-refractivity contribution < 1.29 is 4.79 Å². The van der Waals surface area contributed by atoms with Crippen molar-refractivity contribution >= 4 is 17.5 Å². The van der Waals surface area contributed by atoms with Gasteiger partial charge in [0.25, 0.3) is 5.91 Å². The number of amides is 1. The lowest BCUT2D eigenvalue weighted by molar-refractivity contribution is 0.0740. The zero-order chi connectivity index (χ0) is 13.1. The summed E-state index contributed by atoms with van der Waals surface area (Å²) in [6.07, 6.45) is 4.42. The van der Waals surface area contributed by atoms with Crippen LogP contribution in [0.25, 0.3) is 0 Å². The highest BCUT2D eigenvalue weighted by atomic mass is 35.5. The maximum atomic E-state index is 12.5. The van der Waals surface area contributed by atoms with Crippen LogP contribution in [0.4, 0.5) is 0 Å². The maximum Gasteiger partial charge on any atom is 0.254 e. The second-order valence-electron chi connectivity index (χ2n) is 4.90. The molecule has 2 rings (SSSR count). The van der Waals surface area contributed by atoms with E-state index in [9.17, 15) is 4.79 Å². The van der Waals surface area contributed by atoms with E-state index < -0.39 is 0 Å². The van der Waals surface area contributed by atoms with Crippen molar-refractivity contribution in [2.45, 2.75) is 45.6 Å². The molecule has 1 fully saturated rings. The molecule has 4 heteroatoms.